The normalized spacial score (nSPS) is 12.8. The van der Waals surface area contributed by atoms with Crippen LogP contribution in [0.15, 0.2) is 66.7 Å². The van der Waals surface area contributed by atoms with Crippen molar-refractivity contribution in [3.05, 3.63) is 101 Å². The third kappa shape index (κ3) is 3.31. The third-order valence-corrected chi connectivity index (χ3v) is 6.96. The first-order chi connectivity index (χ1) is 15.5. The lowest BCUT2D eigenvalue weighted by molar-refractivity contribution is 0.0987. The molecule has 1 aliphatic rings. The first-order valence-corrected chi connectivity index (χ1v) is 11.0. The van der Waals surface area contributed by atoms with Crippen LogP contribution in [0.4, 0.5) is 18.9 Å². The lowest BCUT2D eigenvalue weighted by Gasteiger charge is -2.23. The zero-order valence-electron chi connectivity index (χ0n) is 17.2. The van der Waals surface area contributed by atoms with Crippen LogP contribution in [0.3, 0.4) is 0 Å². The summed E-state index contributed by atoms with van der Waals surface area (Å²) < 4.78 is 44.3. The number of hydrogen-bond acceptors (Lipinski definition) is 2. The van der Waals surface area contributed by atoms with Gasteiger partial charge in [-0.3, -0.25) is 4.79 Å². The van der Waals surface area contributed by atoms with Crippen LogP contribution in [0, 0.1) is 24.4 Å². The summed E-state index contributed by atoms with van der Waals surface area (Å²) in [5.41, 5.74) is 2.94. The van der Waals surface area contributed by atoms with Crippen molar-refractivity contribution in [2.24, 2.45) is 0 Å². The minimum absolute atomic E-state index is 0.0567. The summed E-state index contributed by atoms with van der Waals surface area (Å²) in [5.74, 6) is -2.41. The summed E-state index contributed by atoms with van der Waals surface area (Å²) in [5, 5.41) is 0. The van der Waals surface area contributed by atoms with Crippen molar-refractivity contribution < 1.29 is 18.0 Å². The number of rotatable bonds is 2. The molecule has 160 valence electrons. The number of nitrogens with zero attached hydrogens (tertiary/aromatic N) is 1. The van der Waals surface area contributed by atoms with Gasteiger partial charge in [-0.25, -0.2) is 13.2 Å². The monoisotopic (exact) mass is 449 g/mol. The van der Waals surface area contributed by atoms with E-state index in [4.69, 9.17) is 0 Å². The third-order valence-electron chi connectivity index (χ3n) is 5.70. The predicted octanol–water partition coefficient (Wildman–Crippen LogP) is 7.01. The zero-order valence-corrected chi connectivity index (χ0v) is 18.0. The van der Waals surface area contributed by atoms with Crippen molar-refractivity contribution in [2.75, 3.05) is 11.4 Å². The number of benzene rings is 3. The number of hydrogen-bond donors (Lipinski definition) is 0. The van der Waals surface area contributed by atoms with Gasteiger partial charge in [0.2, 0.25) is 0 Å². The molecule has 3 aromatic carbocycles. The Labute approximate surface area is 187 Å². The minimum atomic E-state index is -0.801. The van der Waals surface area contributed by atoms with Gasteiger partial charge in [0.05, 0.1) is 16.1 Å². The van der Waals surface area contributed by atoms with Gasteiger partial charge in [0.15, 0.2) is 0 Å². The van der Waals surface area contributed by atoms with Gasteiger partial charge in [0.25, 0.3) is 5.91 Å². The van der Waals surface area contributed by atoms with E-state index in [-0.39, 0.29) is 29.3 Å². The maximum atomic E-state index is 15.5. The molecule has 32 heavy (non-hydrogen) atoms. The van der Waals surface area contributed by atoms with Crippen LogP contribution in [0.2, 0.25) is 0 Å². The van der Waals surface area contributed by atoms with E-state index >= 15 is 4.39 Å². The highest BCUT2D eigenvalue weighted by molar-refractivity contribution is 7.19. The van der Waals surface area contributed by atoms with Crippen molar-refractivity contribution in [1.82, 2.24) is 0 Å². The highest BCUT2D eigenvalue weighted by Crippen LogP contribution is 2.47. The summed E-state index contributed by atoms with van der Waals surface area (Å²) in [6.45, 7) is 2.20. The van der Waals surface area contributed by atoms with Crippen LogP contribution in [-0.4, -0.2) is 12.5 Å². The Hall–Kier alpha value is -3.38. The maximum absolute atomic E-state index is 15.5. The minimum Gasteiger partial charge on any atom is -0.307 e. The van der Waals surface area contributed by atoms with Crippen molar-refractivity contribution in [2.45, 2.75) is 13.3 Å². The summed E-state index contributed by atoms with van der Waals surface area (Å²) in [7, 11) is 0. The SMILES string of the molecule is Cc1ccc(C(=O)N2CCc3c(sc(-c4c(F)cccc4F)c3F)-c3ccccc32)cc1. The van der Waals surface area contributed by atoms with Crippen LogP contribution in [0.5, 0.6) is 0 Å². The molecule has 1 aromatic heterocycles. The second-order valence-corrected chi connectivity index (χ2v) is 8.76. The molecule has 0 atom stereocenters. The van der Waals surface area contributed by atoms with E-state index in [0.717, 1.165) is 29.0 Å². The number of amides is 1. The van der Waals surface area contributed by atoms with Crippen molar-refractivity contribution in [1.29, 1.82) is 0 Å². The van der Waals surface area contributed by atoms with Gasteiger partial charge in [0.1, 0.15) is 17.5 Å². The summed E-state index contributed by atoms with van der Waals surface area (Å²) in [6, 6.07) is 18.1. The first kappa shape index (κ1) is 20.5. The molecule has 2 heterocycles. The molecule has 0 saturated carbocycles. The number of thiophene rings is 1. The van der Waals surface area contributed by atoms with Crippen molar-refractivity contribution >= 4 is 22.9 Å². The lowest BCUT2D eigenvalue weighted by Crippen LogP contribution is -2.32. The Balaban J connectivity index is 1.64. The molecule has 1 amide bonds. The number of carbonyl (C=O) groups excluding carboxylic acids is 1. The molecule has 0 unspecified atom stereocenters. The van der Waals surface area contributed by atoms with Gasteiger partial charge in [-0.2, -0.15) is 0 Å². The number of halogens is 3. The number of anilines is 1. The molecule has 5 rings (SSSR count). The summed E-state index contributed by atoms with van der Waals surface area (Å²) in [4.78, 5) is 15.5. The fourth-order valence-corrected chi connectivity index (χ4v) is 5.38. The Morgan fingerprint density at radius 1 is 0.875 bits per heavy atom. The molecule has 0 spiro atoms. The van der Waals surface area contributed by atoms with E-state index in [1.54, 1.807) is 17.0 Å². The molecule has 6 heteroatoms. The molecular formula is C26H18F3NOS. The highest BCUT2D eigenvalue weighted by Gasteiger charge is 2.31. The summed E-state index contributed by atoms with van der Waals surface area (Å²) >= 11 is 1.02. The van der Waals surface area contributed by atoms with Crippen LogP contribution >= 0.6 is 11.3 Å². The van der Waals surface area contributed by atoms with Gasteiger partial charge in [-0.15, -0.1) is 11.3 Å². The molecule has 0 saturated heterocycles. The Bertz CT molecular complexity index is 1320. The van der Waals surface area contributed by atoms with Crippen LogP contribution in [0.1, 0.15) is 21.5 Å². The Morgan fingerprint density at radius 3 is 2.28 bits per heavy atom. The van der Waals surface area contributed by atoms with E-state index in [1.807, 2.05) is 43.3 Å². The van der Waals surface area contributed by atoms with E-state index in [2.05, 4.69) is 0 Å². The first-order valence-electron chi connectivity index (χ1n) is 10.2. The largest absolute Gasteiger partial charge is 0.307 e. The molecule has 0 fully saturated rings. The number of carbonyl (C=O) groups is 1. The molecule has 0 N–H and O–H groups in total. The molecular weight excluding hydrogens is 431 g/mol. The van der Waals surface area contributed by atoms with Crippen LogP contribution < -0.4 is 4.90 Å². The molecule has 1 aliphatic heterocycles. The van der Waals surface area contributed by atoms with E-state index in [0.29, 0.717) is 27.3 Å². The fourth-order valence-electron chi connectivity index (χ4n) is 4.07. The second-order valence-electron chi connectivity index (χ2n) is 7.74. The number of aryl methyl sites for hydroxylation is 1. The van der Waals surface area contributed by atoms with Crippen molar-refractivity contribution in [3.8, 4) is 20.9 Å². The number of fused-ring (bicyclic) bond motifs is 3. The maximum Gasteiger partial charge on any atom is 0.258 e. The lowest BCUT2D eigenvalue weighted by atomic mass is 10.1. The van der Waals surface area contributed by atoms with Crippen LogP contribution in [-0.2, 0) is 6.42 Å². The Morgan fingerprint density at radius 2 is 1.56 bits per heavy atom. The standard InChI is InChI=1S/C26H18F3NOS/c1-15-9-11-16(12-10-15)26(31)30-14-13-18-23(29)25(22-19(27)6-4-7-20(22)28)32-24(18)17-5-2-3-8-21(17)30/h2-12H,13-14H2,1H3. The van der Waals surface area contributed by atoms with Crippen LogP contribution in [0.25, 0.3) is 20.9 Å². The molecule has 2 nitrogen and oxygen atoms in total. The van der Waals surface area contributed by atoms with E-state index in [9.17, 15) is 13.6 Å². The topological polar surface area (TPSA) is 20.3 Å². The van der Waals surface area contributed by atoms with E-state index < -0.39 is 17.5 Å². The summed E-state index contributed by atoms with van der Waals surface area (Å²) in [6.07, 6.45) is 0.236. The van der Waals surface area contributed by atoms with E-state index in [1.165, 1.54) is 6.07 Å². The van der Waals surface area contributed by atoms with Gasteiger partial charge in [0, 0.05) is 28.1 Å². The average Bonchev–Trinajstić information content (AvgIpc) is 3.00. The van der Waals surface area contributed by atoms with Crippen molar-refractivity contribution in [3.63, 3.8) is 0 Å². The van der Waals surface area contributed by atoms with Gasteiger partial charge >= 0.3 is 0 Å². The quantitative estimate of drug-likeness (QED) is 0.322. The second kappa shape index (κ2) is 7.95. The fraction of sp³-hybridized carbons (Fsp3) is 0.115. The smallest absolute Gasteiger partial charge is 0.258 e. The zero-order chi connectivity index (χ0) is 22.4. The molecule has 4 aromatic rings. The molecule has 0 radical (unpaired) electrons. The average molecular weight is 449 g/mol. The highest BCUT2D eigenvalue weighted by atomic mass is 32.1. The number of para-hydroxylation sites is 1. The van der Waals surface area contributed by atoms with Gasteiger partial charge in [-0.05, 0) is 43.7 Å². The van der Waals surface area contributed by atoms with Gasteiger partial charge < -0.3 is 4.90 Å². The Kier molecular flexibility index (Phi) is 5.10. The molecule has 0 bridgehead atoms. The molecule has 0 aliphatic carbocycles. The van der Waals surface area contributed by atoms with Gasteiger partial charge in [-0.1, -0.05) is 42.0 Å². The predicted molar refractivity (Wildman–Crippen MR) is 122 cm³/mol.